The Hall–Kier alpha value is -2.50. The monoisotopic (exact) mass is 494 g/mol. The Morgan fingerprint density at radius 3 is 2.52 bits per heavy atom. The van der Waals surface area contributed by atoms with Crippen LogP contribution >= 0.6 is 11.6 Å². The average Bonchev–Trinajstić information content (AvgIpc) is 2.80. The van der Waals surface area contributed by atoms with Crippen LogP contribution in [0.2, 0.25) is 5.02 Å². The van der Waals surface area contributed by atoms with Gasteiger partial charge in [0.25, 0.3) is 0 Å². The number of sulfonamides is 1. The molecule has 1 saturated heterocycles. The number of nitrogens with zero attached hydrogens (tertiary/aromatic N) is 2. The van der Waals surface area contributed by atoms with Crippen LogP contribution in [0, 0.1) is 0 Å². The zero-order valence-electron chi connectivity index (χ0n) is 18.5. The minimum Gasteiger partial charge on any atom is -0.379 e. The van der Waals surface area contributed by atoms with Crippen molar-refractivity contribution >= 4 is 44.8 Å². The number of nitrogens with one attached hydrogen (secondary N) is 2. The van der Waals surface area contributed by atoms with Gasteiger partial charge in [0.1, 0.15) is 0 Å². The van der Waals surface area contributed by atoms with Crippen molar-refractivity contribution in [3.8, 4) is 0 Å². The molecule has 0 aromatic heterocycles. The number of ether oxygens (including phenoxy) is 1. The summed E-state index contributed by atoms with van der Waals surface area (Å²) >= 11 is 6.06. The van der Waals surface area contributed by atoms with Crippen molar-refractivity contribution in [3.05, 3.63) is 53.6 Å². The zero-order chi connectivity index (χ0) is 24.0. The van der Waals surface area contributed by atoms with Crippen molar-refractivity contribution in [2.75, 3.05) is 50.5 Å². The second-order valence-corrected chi connectivity index (χ2v) is 10.00. The van der Waals surface area contributed by atoms with Crippen LogP contribution in [0.25, 0.3) is 0 Å². The van der Waals surface area contributed by atoms with Crippen LogP contribution < -0.4 is 10.6 Å². The number of hydrogen-bond acceptors (Lipinski definition) is 6. The molecule has 3 rings (SSSR count). The van der Waals surface area contributed by atoms with Gasteiger partial charge in [-0.3, -0.25) is 14.5 Å². The second-order valence-electron chi connectivity index (χ2n) is 7.65. The molecule has 178 valence electrons. The van der Waals surface area contributed by atoms with E-state index in [9.17, 15) is 18.0 Å². The summed E-state index contributed by atoms with van der Waals surface area (Å²) in [7, 11) is -2.03. The van der Waals surface area contributed by atoms with Crippen molar-refractivity contribution in [1.82, 2.24) is 9.21 Å². The number of hydrogen-bond donors (Lipinski definition) is 2. The van der Waals surface area contributed by atoms with E-state index in [-0.39, 0.29) is 36.3 Å². The van der Waals surface area contributed by atoms with E-state index in [1.54, 1.807) is 55.3 Å². The van der Waals surface area contributed by atoms with Gasteiger partial charge in [0.05, 0.1) is 41.4 Å². The molecule has 1 atom stereocenters. The standard InChI is InChI=1S/C22H27ClN4O5S/c1-16(26(2)15-21(28)25-20-9-4-3-8-19(20)23)22(29)24-17-6-5-7-18(14-17)33(30,31)27-10-12-32-13-11-27/h3-9,14,16H,10-13,15H2,1-2H3,(H,24,29)(H,25,28)/t16-/m1/s1. The Bertz CT molecular complexity index is 1110. The predicted octanol–water partition coefficient (Wildman–Crippen LogP) is 2.26. The molecule has 1 fully saturated rings. The first-order valence-corrected chi connectivity index (χ1v) is 12.2. The first-order valence-electron chi connectivity index (χ1n) is 10.4. The van der Waals surface area contributed by atoms with E-state index in [2.05, 4.69) is 10.6 Å². The molecule has 0 bridgehead atoms. The second kappa shape index (κ2) is 11.1. The van der Waals surface area contributed by atoms with Crippen LogP contribution in [0.4, 0.5) is 11.4 Å². The number of halogens is 1. The average molecular weight is 495 g/mol. The molecule has 2 aromatic rings. The topological polar surface area (TPSA) is 108 Å². The van der Waals surface area contributed by atoms with Crippen molar-refractivity contribution in [1.29, 1.82) is 0 Å². The molecule has 0 saturated carbocycles. The van der Waals surface area contributed by atoms with Crippen LogP contribution in [0.1, 0.15) is 6.92 Å². The Kier molecular flexibility index (Phi) is 8.44. The van der Waals surface area contributed by atoms with Crippen molar-refractivity contribution < 1.29 is 22.7 Å². The Morgan fingerprint density at radius 2 is 1.82 bits per heavy atom. The fourth-order valence-corrected chi connectivity index (χ4v) is 4.87. The Balaban J connectivity index is 1.60. The van der Waals surface area contributed by atoms with E-state index in [1.807, 2.05) is 0 Å². The van der Waals surface area contributed by atoms with E-state index in [0.717, 1.165) is 0 Å². The molecule has 11 heteroatoms. The maximum Gasteiger partial charge on any atom is 0.243 e. The van der Waals surface area contributed by atoms with Gasteiger partial charge in [0, 0.05) is 18.8 Å². The van der Waals surface area contributed by atoms with Crippen molar-refractivity contribution in [3.63, 3.8) is 0 Å². The fraction of sp³-hybridized carbons (Fsp3) is 0.364. The van der Waals surface area contributed by atoms with E-state index in [0.29, 0.717) is 29.6 Å². The molecule has 1 heterocycles. The number of benzene rings is 2. The highest BCUT2D eigenvalue weighted by Gasteiger charge is 2.27. The molecular weight excluding hydrogens is 468 g/mol. The lowest BCUT2D eigenvalue weighted by Crippen LogP contribution is -2.43. The van der Waals surface area contributed by atoms with Gasteiger partial charge in [-0.15, -0.1) is 0 Å². The molecular formula is C22H27ClN4O5S. The highest BCUT2D eigenvalue weighted by molar-refractivity contribution is 7.89. The summed E-state index contributed by atoms with van der Waals surface area (Å²) in [6.45, 7) is 2.90. The van der Waals surface area contributed by atoms with Crippen LogP contribution in [-0.4, -0.2) is 75.4 Å². The molecule has 2 N–H and O–H groups in total. The lowest BCUT2D eigenvalue weighted by molar-refractivity contribution is -0.122. The van der Waals surface area contributed by atoms with Gasteiger partial charge in [-0.25, -0.2) is 8.42 Å². The maximum atomic E-state index is 12.9. The summed E-state index contributed by atoms with van der Waals surface area (Å²) in [5.41, 5.74) is 0.850. The quantitative estimate of drug-likeness (QED) is 0.582. The predicted molar refractivity (Wildman–Crippen MR) is 127 cm³/mol. The van der Waals surface area contributed by atoms with Crippen LogP contribution in [0.3, 0.4) is 0 Å². The van der Waals surface area contributed by atoms with Gasteiger partial charge in [0.2, 0.25) is 21.8 Å². The SMILES string of the molecule is C[C@H](C(=O)Nc1cccc(S(=O)(=O)N2CCOCC2)c1)N(C)CC(=O)Nc1ccccc1Cl. The Morgan fingerprint density at radius 1 is 1.12 bits per heavy atom. The van der Waals surface area contributed by atoms with E-state index >= 15 is 0 Å². The smallest absolute Gasteiger partial charge is 0.243 e. The minimum absolute atomic E-state index is 0.0364. The lowest BCUT2D eigenvalue weighted by Gasteiger charge is -2.26. The lowest BCUT2D eigenvalue weighted by atomic mass is 10.2. The van der Waals surface area contributed by atoms with Gasteiger partial charge in [-0.05, 0) is 44.3 Å². The number of rotatable bonds is 8. The van der Waals surface area contributed by atoms with Crippen LogP contribution in [0.5, 0.6) is 0 Å². The van der Waals surface area contributed by atoms with Crippen molar-refractivity contribution in [2.24, 2.45) is 0 Å². The van der Waals surface area contributed by atoms with E-state index < -0.39 is 16.1 Å². The van der Waals surface area contributed by atoms with Crippen LogP contribution in [0.15, 0.2) is 53.4 Å². The molecule has 0 unspecified atom stereocenters. The number of likely N-dealkylation sites (N-methyl/N-ethyl adjacent to an activating group) is 1. The number of carbonyl (C=O) groups is 2. The van der Waals surface area contributed by atoms with Gasteiger partial charge in [0.15, 0.2) is 0 Å². The minimum atomic E-state index is -3.68. The van der Waals surface area contributed by atoms with Crippen molar-refractivity contribution in [2.45, 2.75) is 17.9 Å². The van der Waals surface area contributed by atoms with Gasteiger partial charge in [-0.1, -0.05) is 29.8 Å². The van der Waals surface area contributed by atoms with E-state index in [1.165, 1.54) is 16.4 Å². The molecule has 2 amide bonds. The first kappa shape index (κ1) is 25.1. The fourth-order valence-electron chi connectivity index (χ4n) is 3.23. The third-order valence-corrected chi connectivity index (χ3v) is 7.52. The highest BCUT2D eigenvalue weighted by Crippen LogP contribution is 2.22. The number of anilines is 2. The molecule has 0 aliphatic carbocycles. The third kappa shape index (κ3) is 6.52. The van der Waals surface area contributed by atoms with Gasteiger partial charge in [-0.2, -0.15) is 4.31 Å². The molecule has 2 aromatic carbocycles. The summed E-state index contributed by atoms with van der Waals surface area (Å²) in [6.07, 6.45) is 0. The normalized spacial score (nSPS) is 15.8. The number of amides is 2. The molecule has 1 aliphatic rings. The van der Waals surface area contributed by atoms with Crippen LogP contribution in [-0.2, 0) is 24.3 Å². The summed E-state index contributed by atoms with van der Waals surface area (Å²) in [5.74, 6) is -0.687. The summed E-state index contributed by atoms with van der Waals surface area (Å²) in [6, 6.07) is 12.3. The Labute approximate surface area is 198 Å². The summed E-state index contributed by atoms with van der Waals surface area (Å²) in [5, 5.41) is 5.87. The van der Waals surface area contributed by atoms with Gasteiger partial charge < -0.3 is 15.4 Å². The maximum absolute atomic E-state index is 12.9. The zero-order valence-corrected chi connectivity index (χ0v) is 20.0. The number of carbonyl (C=O) groups excluding carboxylic acids is 2. The largest absolute Gasteiger partial charge is 0.379 e. The number of para-hydroxylation sites is 1. The first-order chi connectivity index (χ1) is 15.7. The molecule has 33 heavy (non-hydrogen) atoms. The highest BCUT2D eigenvalue weighted by atomic mass is 35.5. The van der Waals surface area contributed by atoms with Gasteiger partial charge >= 0.3 is 0 Å². The number of morpholine rings is 1. The molecule has 9 nitrogen and oxygen atoms in total. The summed E-state index contributed by atoms with van der Waals surface area (Å²) in [4.78, 5) is 26.7. The summed E-state index contributed by atoms with van der Waals surface area (Å²) < 4.78 is 32.3. The molecule has 0 radical (unpaired) electrons. The van der Waals surface area contributed by atoms with E-state index in [4.69, 9.17) is 16.3 Å². The molecule has 1 aliphatic heterocycles. The third-order valence-electron chi connectivity index (χ3n) is 5.29. The molecule has 0 spiro atoms.